The molecule has 0 radical (unpaired) electrons. The Bertz CT molecular complexity index is 1680. The number of carbonyl (C=O) groups is 5. The normalized spacial score (nSPS) is 17.2. The number of nitrogens with two attached hydrogens (primary N) is 2. The first-order chi connectivity index (χ1) is 22.6. The van der Waals surface area contributed by atoms with Crippen molar-refractivity contribution in [3.05, 3.63) is 76.8 Å². The van der Waals surface area contributed by atoms with Crippen LogP contribution in [0.1, 0.15) is 45.6 Å². The number of benzene rings is 3. The predicted octanol–water partition coefficient (Wildman–Crippen LogP) is 2.12. The maximum Gasteiger partial charge on any atom is 0.254 e. The van der Waals surface area contributed by atoms with E-state index in [1.54, 1.807) is 48.5 Å². The third-order valence-corrected chi connectivity index (χ3v) is 8.58. The molecule has 13 heteroatoms. The molecule has 48 heavy (non-hydrogen) atoms. The lowest BCUT2D eigenvalue weighted by Gasteiger charge is -2.33. The minimum Gasteiger partial charge on any atom is -0.486 e. The van der Waals surface area contributed by atoms with Gasteiger partial charge in [-0.05, 0) is 80.6 Å². The SMILES string of the molecule is CC(C)(C)NC(=O)[C@@H]1CCCN1C(=O)[C@@H](O)[C@H](Cc1ccccc1)NC(=O)[C@@](N)(CC(N)=O)C(=O)COc1ccc2cc(Br)ccc2c1. The fraction of sp³-hybridized carbons (Fsp3) is 0.400. The number of Topliss-reactive ketones (excluding diaryl/α,β-unsaturated/α-hetero) is 1. The molecule has 3 aromatic carbocycles. The number of rotatable bonds is 13. The van der Waals surface area contributed by atoms with Crippen molar-refractivity contribution in [1.82, 2.24) is 15.5 Å². The average molecular weight is 725 g/mol. The number of carbonyl (C=O) groups excluding carboxylic acids is 5. The van der Waals surface area contributed by atoms with E-state index in [1.807, 2.05) is 39.0 Å². The standard InChI is InChI=1S/C35H42BrN5O7/c1-34(2,3)40-31(45)27-10-7-15-41(27)32(46)30(44)26(16-21-8-5-4-6-9-21)39-33(47)35(38,19-29(37)43)28(42)20-48-25-14-12-22-17-24(36)13-11-23(22)18-25/h4-6,8-9,11-14,17-18,26-27,30,44H,7,10,15-16,19-20,38H2,1-3H3,(H2,37,43)(H,39,47)(H,40,45)/t26-,27-,30-,35+/m0/s1. The largest absolute Gasteiger partial charge is 0.486 e. The zero-order valence-corrected chi connectivity index (χ0v) is 28.8. The van der Waals surface area contributed by atoms with Gasteiger partial charge in [0.1, 0.15) is 18.4 Å². The topological polar surface area (TPSA) is 194 Å². The Hall–Kier alpha value is -4.33. The molecular formula is C35H42BrN5O7. The van der Waals surface area contributed by atoms with Crippen LogP contribution < -0.4 is 26.8 Å². The summed E-state index contributed by atoms with van der Waals surface area (Å²) in [4.78, 5) is 67.4. The molecule has 0 aliphatic carbocycles. The highest BCUT2D eigenvalue weighted by molar-refractivity contribution is 9.10. The van der Waals surface area contributed by atoms with Crippen LogP contribution >= 0.6 is 15.9 Å². The number of ketones is 1. The number of ether oxygens (including phenoxy) is 1. The second-order valence-electron chi connectivity index (χ2n) is 13.1. The summed E-state index contributed by atoms with van der Waals surface area (Å²) in [5.41, 5.74) is 9.41. The Balaban J connectivity index is 1.55. The van der Waals surface area contributed by atoms with Crippen molar-refractivity contribution in [1.29, 1.82) is 0 Å². The van der Waals surface area contributed by atoms with Gasteiger partial charge in [-0.3, -0.25) is 24.0 Å². The van der Waals surface area contributed by atoms with Gasteiger partial charge in [0.05, 0.1) is 12.5 Å². The molecule has 0 saturated carbocycles. The van der Waals surface area contributed by atoms with E-state index in [0.29, 0.717) is 24.2 Å². The Morgan fingerprint density at radius 1 is 1.02 bits per heavy atom. The van der Waals surface area contributed by atoms with Crippen LogP contribution in [0.15, 0.2) is 71.2 Å². The number of aliphatic hydroxyl groups is 1. The van der Waals surface area contributed by atoms with Gasteiger partial charge < -0.3 is 36.8 Å². The van der Waals surface area contributed by atoms with Crippen LogP contribution in [-0.4, -0.2) is 81.8 Å². The molecule has 7 N–H and O–H groups in total. The van der Waals surface area contributed by atoms with Crippen LogP contribution in [0.2, 0.25) is 0 Å². The van der Waals surface area contributed by atoms with Crippen molar-refractivity contribution >= 4 is 56.1 Å². The quantitative estimate of drug-likeness (QED) is 0.166. The molecule has 4 rings (SSSR count). The van der Waals surface area contributed by atoms with Gasteiger partial charge in [-0.25, -0.2) is 0 Å². The number of aliphatic hydroxyl groups excluding tert-OH is 1. The van der Waals surface area contributed by atoms with E-state index in [9.17, 15) is 29.1 Å². The molecular weight excluding hydrogens is 682 g/mol. The minimum absolute atomic E-state index is 0.0310. The number of hydrogen-bond donors (Lipinski definition) is 5. The van der Waals surface area contributed by atoms with Crippen molar-refractivity contribution in [3.63, 3.8) is 0 Å². The van der Waals surface area contributed by atoms with Crippen LogP contribution in [0.25, 0.3) is 10.8 Å². The first-order valence-corrected chi connectivity index (χ1v) is 16.4. The highest BCUT2D eigenvalue weighted by Crippen LogP contribution is 2.25. The summed E-state index contributed by atoms with van der Waals surface area (Å²) in [7, 11) is 0. The Labute approximate surface area is 287 Å². The van der Waals surface area contributed by atoms with Crippen molar-refractivity contribution in [2.45, 2.75) is 75.7 Å². The van der Waals surface area contributed by atoms with Crippen LogP contribution in [0.4, 0.5) is 0 Å². The van der Waals surface area contributed by atoms with Gasteiger partial charge in [-0.2, -0.15) is 0 Å². The van der Waals surface area contributed by atoms with E-state index in [-0.39, 0.29) is 18.9 Å². The molecule has 1 aliphatic heterocycles. The van der Waals surface area contributed by atoms with E-state index in [1.165, 1.54) is 4.90 Å². The second kappa shape index (κ2) is 15.3. The van der Waals surface area contributed by atoms with Crippen molar-refractivity contribution in [2.75, 3.05) is 13.2 Å². The third kappa shape index (κ3) is 9.18. The maximum atomic E-state index is 13.8. The number of halogens is 1. The molecule has 0 aromatic heterocycles. The zero-order valence-electron chi connectivity index (χ0n) is 27.2. The number of likely N-dealkylation sites (tertiary alicyclic amines) is 1. The van der Waals surface area contributed by atoms with Crippen LogP contribution in [0, 0.1) is 0 Å². The summed E-state index contributed by atoms with van der Waals surface area (Å²) in [6.07, 6.45) is -1.75. The van der Waals surface area contributed by atoms with E-state index in [2.05, 4.69) is 26.6 Å². The molecule has 0 unspecified atom stereocenters. The number of primary amides is 1. The number of fused-ring (bicyclic) bond motifs is 1. The van der Waals surface area contributed by atoms with Gasteiger partial charge in [0.15, 0.2) is 17.4 Å². The molecule has 3 aromatic rings. The number of amides is 4. The van der Waals surface area contributed by atoms with Gasteiger partial charge in [0, 0.05) is 16.6 Å². The van der Waals surface area contributed by atoms with Gasteiger partial charge in [0.2, 0.25) is 17.7 Å². The maximum absolute atomic E-state index is 13.8. The van der Waals surface area contributed by atoms with Gasteiger partial charge in [-0.1, -0.05) is 58.4 Å². The second-order valence-corrected chi connectivity index (χ2v) is 14.0. The number of nitrogens with zero attached hydrogens (tertiary/aromatic N) is 1. The van der Waals surface area contributed by atoms with Crippen molar-refractivity contribution in [3.8, 4) is 5.75 Å². The van der Waals surface area contributed by atoms with Crippen LogP contribution in [-0.2, 0) is 30.4 Å². The molecule has 1 saturated heterocycles. The number of hydrogen-bond acceptors (Lipinski definition) is 8. The van der Waals surface area contributed by atoms with Crippen LogP contribution in [0.5, 0.6) is 5.75 Å². The summed E-state index contributed by atoms with van der Waals surface area (Å²) in [5.74, 6) is -3.85. The van der Waals surface area contributed by atoms with Crippen molar-refractivity contribution < 1.29 is 33.8 Å². The molecule has 1 aliphatic rings. The lowest BCUT2D eigenvalue weighted by Crippen LogP contribution is -2.66. The van der Waals surface area contributed by atoms with E-state index in [0.717, 1.165) is 15.2 Å². The van der Waals surface area contributed by atoms with Gasteiger partial charge >= 0.3 is 0 Å². The Morgan fingerprint density at radius 2 is 1.69 bits per heavy atom. The lowest BCUT2D eigenvalue weighted by molar-refractivity contribution is -0.148. The van der Waals surface area contributed by atoms with Gasteiger partial charge in [0.25, 0.3) is 5.91 Å². The predicted molar refractivity (Wildman–Crippen MR) is 184 cm³/mol. The van der Waals surface area contributed by atoms with E-state index < -0.39 is 65.8 Å². The molecule has 1 fully saturated rings. The summed E-state index contributed by atoms with van der Waals surface area (Å²) >= 11 is 3.42. The molecule has 0 bridgehead atoms. The fourth-order valence-electron chi connectivity index (χ4n) is 5.65. The van der Waals surface area contributed by atoms with E-state index >= 15 is 0 Å². The summed E-state index contributed by atoms with van der Waals surface area (Å²) < 4.78 is 6.58. The Kier molecular flexibility index (Phi) is 11.6. The molecule has 256 valence electrons. The molecule has 12 nitrogen and oxygen atoms in total. The summed E-state index contributed by atoms with van der Waals surface area (Å²) in [6, 6.07) is 17.5. The first-order valence-electron chi connectivity index (χ1n) is 15.7. The fourth-order valence-corrected chi connectivity index (χ4v) is 6.03. The summed E-state index contributed by atoms with van der Waals surface area (Å²) in [6.45, 7) is 5.04. The average Bonchev–Trinajstić information content (AvgIpc) is 3.52. The first kappa shape index (κ1) is 36.5. The number of nitrogens with one attached hydrogen (secondary N) is 2. The molecule has 0 spiro atoms. The minimum atomic E-state index is -2.48. The smallest absolute Gasteiger partial charge is 0.254 e. The molecule has 4 amide bonds. The highest BCUT2D eigenvalue weighted by Gasteiger charge is 2.46. The lowest BCUT2D eigenvalue weighted by atomic mass is 9.88. The van der Waals surface area contributed by atoms with Crippen molar-refractivity contribution in [2.24, 2.45) is 11.5 Å². The highest BCUT2D eigenvalue weighted by atomic mass is 79.9. The molecule has 4 atom stereocenters. The van der Waals surface area contributed by atoms with Gasteiger partial charge in [-0.15, -0.1) is 0 Å². The third-order valence-electron chi connectivity index (χ3n) is 8.09. The van der Waals surface area contributed by atoms with Crippen LogP contribution in [0.3, 0.4) is 0 Å². The molecule has 1 heterocycles. The Morgan fingerprint density at radius 3 is 2.35 bits per heavy atom. The monoisotopic (exact) mass is 723 g/mol. The van der Waals surface area contributed by atoms with E-state index in [4.69, 9.17) is 16.2 Å². The zero-order chi connectivity index (χ0) is 35.2. The summed E-state index contributed by atoms with van der Waals surface area (Å²) in [5, 5.41) is 18.6.